The fourth-order valence-electron chi connectivity index (χ4n) is 2.62. The molecule has 1 fully saturated rings. The number of benzene rings is 1. The number of anilines is 1. The smallest absolute Gasteiger partial charge is 0.191 e. The predicted molar refractivity (Wildman–Crippen MR) is 100 cm³/mol. The molecule has 8 heteroatoms. The number of hydrogen-bond acceptors (Lipinski definition) is 4. The molecule has 2 aromatic rings. The second kappa shape index (κ2) is 7.94. The Labute approximate surface area is 153 Å². The summed E-state index contributed by atoms with van der Waals surface area (Å²) in [4.78, 5) is 13.1. The molecule has 128 valence electrons. The molecule has 1 aliphatic heterocycles. The second-order valence-electron chi connectivity index (χ2n) is 5.51. The molecule has 2 heterocycles. The maximum atomic E-state index is 13.7. The van der Waals surface area contributed by atoms with Gasteiger partial charge >= 0.3 is 0 Å². The lowest BCUT2D eigenvalue weighted by molar-refractivity contribution is 0.380. The average molecular weight is 412 g/mol. The van der Waals surface area contributed by atoms with Crippen molar-refractivity contribution in [3.8, 4) is 0 Å². The van der Waals surface area contributed by atoms with E-state index in [9.17, 15) is 4.39 Å². The largest absolute Gasteiger partial charge is 0.370 e. The van der Waals surface area contributed by atoms with E-state index in [2.05, 4.69) is 35.7 Å². The SMILES string of the molecule is NC(=NCCc1cc(Br)ccc1F)N1CCN(c2nccs2)CC1. The van der Waals surface area contributed by atoms with E-state index in [0.29, 0.717) is 24.5 Å². The first kappa shape index (κ1) is 17.2. The number of thiazole rings is 1. The summed E-state index contributed by atoms with van der Waals surface area (Å²) in [5.41, 5.74) is 6.73. The molecule has 0 bridgehead atoms. The summed E-state index contributed by atoms with van der Waals surface area (Å²) in [7, 11) is 0. The van der Waals surface area contributed by atoms with Gasteiger partial charge in [0.15, 0.2) is 11.1 Å². The Kier molecular flexibility index (Phi) is 5.68. The number of aromatic nitrogens is 1. The van der Waals surface area contributed by atoms with Crippen molar-refractivity contribution in [1.29, 1.82) is 0 Å². The van der Waals surface area contributed by atoms with E-state index in [-0.39, 0.29) is 5.82 Å². The van der Waals surface area contributed by atoms with Gasteiger partial charge in [-0.3, -0.25) is 4.99 Å². The first-order valence-corrected chi connectivity index (χ1v) is 9.44. The summed E-state index contributed by atoms with van der Waals surface area (Å²) in [6, 6.07) is 4.94. The number of rotatable bonds is 4. The van der Waals surface area contributed by atoms with Crippen molar-refractivity contribution in [1.82, 2.24) is 9.88 Å². The topological polar surface area (TPSA) is 57.8 Å². The van der Waals surface area contributed by atoms with E-state index in [0.717, 1.165) is 35.8 Å². The van der Waals surface area contributed by atoms with Gasteiger partial charge in [-0.05, 0) is 30.2 Å². The van der Waals surface area contributed by atoms with Crippen molar-refractivity contribution in [3.63, 3.8) is 0 Å². The van der Waals surface area contributed by atoms with Gasteiger partial charge in [0.2, 0.25) is 0 Å². The summed E-state index contributed by atoms with van der Waals surface area (Å²) >= 11 is 5.01. The van der Waals surface area contributed by atoms with E-state index in [1.807, 2.05) is 11.6 Å². The highest BCUT2D eigenvalue weighted by molar-refractivity contribution is 9.10. The van der Waals surface area contributed by atoms with Gasteiger partial charge in [-0.25, -0.2) is 9.37 Å². The third-order valence-corrected chi connectivity index (χ3v) is 5.28. The number of piperazine rings is 1. The molecule has 0 amide bonds. The van der Waals surface area contributed by atoms with Crippen molar-refractivity contribution in [3.05, 3.63) is 45.6 Å². The van der Waals surface area contributed by atoms with E-state index >= 15 is 0 Å². The Bertz CT molecular complexity index is 698. The molecule has 2 N–H and O–H groups in total. The van der Waals surface area contributed by atoms with Crippen LogP contribution in [-0.2, 0) is 6.42 Å². The molecule has 3 rings (SSSR count). The van der Waals surface area contributed by atoms with Crippen LogP contribution in [0.4, 0.5) is 9.52 Å². The van der Waals surface area contributed by atoms with Gasteiger partial charge in [0.05, 0.1) is 0 Å². The third kappa shape index (κ3) is 4.24. The summed E-state index contributed by atoms with van der Waals surface area (Å²) < 4.78 is 14.6. The molecule has 1 aromatic heterocycles. The number of guanidine groups is 1. The van der Waals surface area contributed by atoms with Gasteiger partial charge in [-0.15, -0.1) is 11.3 Å². The van der Waals surface area contributed by atoms with Crippen molar-refractivity contribution < 1.29 is 4.39 Å². The molecular formula is C16H19BrFN5S. The van der Waals surface area contributed by atoms with Crippen LogP contribution in [-0.4, -0.2) is 48.6 Å². The average Bonchev–Trinajstić information content (AvgIpc) is 3.12. The van der Waals surface area contributed by atoms with E-state index in [1.54, 1.807) is 23.5 Å². The minimum Gasteiger partial charge on any atom is -0.370 e. The molecule has 0 aliphatic carbocycles. The fraction of sp³-hybridized carbons (Fsp3) is 0.375. The highest BCUT2D eigenvalue weighted by Crippen LogP contribution is 2.19. The van der Waals surface area contributed by atoms with Crippen molar-refractivity contribution in [2.75, 3.05) is 37.6 Å². The Morgan fingerprint density at radius 2 is 2.12 bits per heavy atom. The Morgan fingerprint density at radius 3 is 2.83 bits per heavy atom. The number of nitrogens with two attached hydrogens (primary N) is 1. The van der Waals surface area contributed by atoms with Crippen LogP contribution in [0.2, 0.25) is 0 Å². The van der Waals surface area contributed by atoms with Crippen molar-refractivity contribution in [2.45, 2.75) is 6.42 Å². The van der Waals surface area contributed by atoms with Crippen LogP contribution < -0.4 is 10.6 Å². The van der Waals surface area contributed by atoms with Gasteiger partial charge < -0.3 is 15.5 Å². The second-order valence-corrected chi connectivity index (χ2v) is 7.30. The van der Waals surface area contributed by atoms with Gasteiger partial charge in [0.1, 0.15) is 5.82 Å². The summed E-state index contributed by atoms with van der Waals surface area (Å²) in [6.45, 7) is 3.88. The van der Waals surface area contributed by atoms with Crippen LogP contribution in [0.3, 0.4) is 0 Å². The van der Waals surface area contributed by atoms with Crippen molar-refractivity contribution in [2.24, 2.45) is 10.7 Å². The Balaban J connectivity index is 1.50. The Morgan fingerprint density at radius 1 is 1.33 bits per heavy atom. The summed E-state index contributed by atoms with van der Waals surface area (Å²) in [6.07, 6.45) is 2.36. The highest BCUT2D eigenvalue weighted by Gasteiger charge is 2.19. The molecular weight excluding hydrogens is 393 g/mol. The molecule has 0 radical (unpaired) electrons. The standard InChI is InChI=1S/C16H19BrFN5S/c17-13-1-2-14(18)12(11-13)3-4-20-15(19)22-6-8-23(9-7-22)16-21-5-10-24-16/h1-2,5,10-11H,3-4,6-9H2,(H2,19,20). The molecule has 1 aromatic carbocycles. The van der Waals surface area contributed by atoms with Gasteiger partial charge in [0, 0.05) is 48.8 Å². The van der Waals surface area contributed by atoms with E-state index < -0.39 is 0 Å². The molecule has 5 nitrogen and oxygen atoms in total. The lowest BCUT2D eigenvalue weighted by atomic mass is 10.1. The number of nitrogens with zero attached hydrogens (tertiary/aromatic N) is 4. The summed E-state index contributed by atoms with van der Waals surface area (Å²) in [5, 5.41) is 3.04. The normalized spacial score (nSPS) is 15.8. The number of aliphatic imine (C=N–C) groups is 1. The lowest BCUT2D eigenvalue weighted by Gasteiger charge is -2.35. The number of hydrogen-bond donors (Lipinski definition) is 1. The Hall–Kier alpha value is -1.67. The van der Waals surface area contributed by atoms with E-state index in [1.165, 1.54) is 6.07 Å². The van der Waals surface area contributed by atoms with Gasteiger partial charge in [0.25, 0.3) is 0 Å². The third-order valence-electron chi connectivity index (χ3n) is 3.96. The van der Waals surface area contributed by atoms with Gasteiger partial charge in [-0.2, -0.15) is 0 Å². The minimum absolute atomic E-state index is 0.205. The zero-order chi connectivity index (χ0) is 16.9. The first-order chi connectivity index (χ1) is 11.6. The predicted octanol–water partition coefficient (Wildman–Crippen LogP) is 2.72. The molecule has 1 aliphatic rings. The molecule has 0 saturated carbocycles. The monoisotopic (exact) mass is 411 g/mol. The van der Waals surface area contributed by atoms with E-state index in [4.69, 9.17) is 5.73 Å². The summed E-state index contributed by atoms with van der Waals surface area (Å²) in [5.74, 6) is 0.327. The first-order valence-electron chi connectivity index (χ1n) is 7.77. The molecule has 24 heavy (non-hydrogen) atoms. The maximum Gasteiger partial charge on any atom is 0.191 e. The number of halogens is 2. The molecule has 0 unspecified atom stereocenters. The zero-order valence-corrected chi connectivity index (χ0v) is 15.6. The maximum absolute atomic E-state index is 13.7. The van der Waals surface area contributed by atoms with Crippen LogP contribution in [0.5, 0.6) is 0 Å². The lowest BCUT2D eigenvalue weighted by Crippen LogP contribution is -2.51. The van der Waals surface area contributed by atoms with Crippen LogP contribution >= 0.6 is 27.3 Å². The van der Waals surface area contributed by atoms with Crippen LogP contribution in [0, 0.1) is 5.82 Å². The quantitative estimate of drug-likeness (QED) is 0.620. The fourth-order valence-corrected chi connectivity index (χ4v) is 3.73. The molecule has 0 atom stereocenters. The minimum atomic E-state index is -0.205. The van der Waals surface area contributed by atoms with Crippen LogP contribution in [0.25, 0.3) is 0 Å². The molecule has 1 saturated heterocycles. The molecule has 0 spiro atoms. The highest BCUT2D eigenvalue weighted by atomic mass is 79.9. The van der Waals surface area contributed by atoms with Crippen LogP contribution in [0.15, 0.2) is 39.2 Å². The van der Waals surface area contributed by atoms with Crippen LogP contribution in [0.1, 0.15) is 5.56 Å². The van der Waals surface area contributed by atoms with Gasteiger partial charge in [-0.1, -0.05) is 15.9 Å². The zero-order valence-electron chi connectivity index (χ0n) is 13.2. The van der Waals surface area contributed by atoms with Crippen molar-refractivity contribution >= 4 is 38.4 Å².